The highest BCUT2D eigenvalue weighted by Crippen LogP contribution is 2.11. The molecular weight excluding hydrogens is 260 g/mol. The highest BCUT2D eigenvalue weighted by atomic mass is 35.5. The molecule has 1 N–H and O–H groups in total. The number of nitrogens with one attached hydrogen (secondary N) is 1. The minimum Gasteiger partial charge on any atom is -0.303 e. The maximum Gasteiger partial charge on any atom is 0.179 e. The predicted molar refractivity (Wildman–Crippen MR) is 76.3 cm³/mol. The Hall–Kier alpha value is -1.71. The van der Waals surface area contributed by atoms with Crippen LogP contribution in [0, 0.1) is 0 Å². The third-order valence-electron chi connectivity index (χ3n) is 2.88. The summed E-state index contributed by atoms with van der Waals surface area (Å²) in [6.07, 6.45) is 3.48. The van der Waals surface area contributed by atoms with E-state index in [-0.39, 0.29) is 11.8 Å². The zero-order valence-electron chi connectivity index (χ0n) is 10.6. The van der Waals surface area contributed by atoms with Crippen molar-refractivity contribution in [2.24, 2.45) is 0 Å². The van der Waals surface area contributed by atoms with Crippen molar-refractivity contribution in [3.8, 4) is 0 Å². The molecule has 4 heteroatoms. The van der Waals surface area contributed by atoms with E-state index >= 15 is 0 Å². The Balaban J connectivity index is 1.94. The van der Waals surface area contributed by atoms with Crippen LogP contribution in [-0.2, 0) is 6.54 Å². The molecule has 0 amide bonds. The van der Waals surface area contributed by atoms with Crippen LogP contribution in [0.25, 0.3) is 0 Å². The van der Waals surface area contributed by atoms with E-state index in [2.05, 4.69) is 10.3 Å². The second-order valence-electron chi connectivity index (χ2n) is 4.33. The summed E-state index contributed by atoms with van der Waals surface area (Å²) in [5.74, 6) is 0.0609. The molecule has 0 aliphatic carbocycles. The fourth-order valence-corrected chi connectivity index (χ4v) is 1.85. The fourth-order valence-electron chi connectivity index (χ4n) is 1.73. The van der Waals surface area contributed by atoms with Gasteiger partial charge in [-0.05, 0) is 48.9 Å². The molecule has 1 heterocycles. The van der Waals surface area contributed by atoms with Crippen LogP contribution in [0.1, 0.15) is 22.8 Å². The van der Waals surface area contributed by atoms with Crippen LogP contribution in [0.3, 0.4) is 0 Å². The largest absolute Gasteiger partial charge is 0.303 e. The van der Waals surface area contributed by atoms with Gasteiger partial charge in [-0.15, -0.1) is 0 Å². The zero-order valence-corrected chi connectivity index (χ0v) is 11.4. The maximum atomic E-state index is 12.2. The first kappa shape index (κ1) is 13.7. The Morgan fingerprint density at radius 3 is 2.47 bits per heavy atom. The van der Waals surface area contributed by atoms with Gasteiger partial charge in [0.25, 0.3) is 0 Å². The van der Waals surface area contributed by atoms with Crippen LogP contribution in [0.4, 0.5) is 0 Å². The molecule has 0 aliphatic heterocycles. The van der Waals surface area contributed by atoms with E-state index in [1.54, 1.807) is 36.7 Å². The first-order valence-corrected chi connectivity index (χ1v) is 6.46. The Kier molecular flexibility index (Phi) is 4.66. The number of pyridine rings is 1. The molecule has 2 rings (SSSR count). The highest BCUT2D eigenvalue weighted by Gasteiger charge is 2.14. The van der Waals surface area contributed by atoms with E-state index in [4.69, 9.17) is 11.6 Å². The van der Waals surface area contributed by atoms with Crippen molar-refractivity contribution in [1.82, 2.24) is 10.3 Å². The van der Waals surface area contributed by atoms with E-state index in [1.165, 1.54) is 0 Å². The summed E-state index contributed by atoms with van der Waals surface area (Å²) >= 11 is 5.80. The molecule has 2 aromatic rings. The monoisotopic (exact) mass is 274 g/mol. The molecule has 3 nitrogen and oxygen atoms in total. The minimum atomic E-state index is -0.241. The summed E-state index contributed by atoms with van der Waals surface area (Å²) in [5, 5.41) is 3.83. The van der Waals surface area contributed by atoms with Gasteiger partial charge in [0.1, 0.15) is 0 Å². The predicted octanol–water partition coefficient (Wildman–Crippen LogP) is 3.10. The van der Waals surface area contributed by atoms with Crippen LogP contribution in [0.2, 0.25) is 5.02 Å². The lowest BCUT2D eigenvalue weighted by Gasteiger charge is -2.12. The Labute approximate surface area is 117 Å². The zero-order chi connectivity index (χ0) is 13.7. The number of hydrogen-bond acceptors (Lipinski definition) is 3. The van der Waals surface area contributed by atoms with Crippen molar-refractivity contribution in [1.29, 1.82) is 0 Å². The standard InChI is InChI=1S/C15H15ClN2O/c1-11(18-10-12-6-8-17-9-7-12)15(19)13-2-4-14(16)5-3-13/h2-9,11,18H,10H2,1H3. The first-order valence-electron chi connectivity index (χ1n) is 6.09. The minimum absolute atomic E-state index is 0.0609. The lowest BCUT2D eigenvalue weighted by Crippen LogP contribution is -2.33. The number of hydrogen-bond donors (Lipinski definition) is 1. The molecule has 0 aliphatic rings. The Bertz CT molecular complexity index is 540. The first-order chi connectivity index (χ1) is 9.16. The van der Waals surface area contributed by atoms with Gasteiger partial charge in [0.15, 0.2) is 5.78 Å². The van der Waals surface area contributed by atoms with Crippen LogP contribution < -0.4 is 5.32 Å². The average molecular weight is 275 g/mol. The number of halogens is 1. The number of benzene rings is 1. The molecule has 0 fully saturated rings. The van der Waals surface area contributed by atoms with E-state index in [1.807, 2.05) is 19.1 Å². The van der Waals surface area contributed by atoms with E-state index in [0.29, 0.717) is 17.1 Å². The number of nitrogens with zero attached hydrogens (tertiary/aromatic N) is 1. The molecule has 1 unspecified atom stereocenters. The van der Waals surface area contributed by atoms with Crippen LogP contribution in [0.15, 0.2) is 48.8 Å². The maximum absolute atomic E-state index is 12.2. The molecule has 0 saturated heterocycles. The van der Waals surface area contributed by atoms with Crippen molar-refractivity contribution in [2.75, 3.05) is 0 Å². The van der Waals surface area contributed by atoms with Crippen molar-refractivity contribution in [2.45, 2.75) is 19.5 Å². The molecule has 1 aromatic carbocycles. The normalized spacial score (nSPS) is 12.1. The Morgan fingerprint density at radius 1 is 1.21 bits per heavy atom. The van der Waals surface area contributed by atoms with Gasteiger partial charge in [-0.2, -0.15) is 0 Å². The number of ketones is 1. The summed E-state index contributed by atoms with van der Waals surface area (Å²) in [5.41, 5.74) is 1.77. The van der Waals surface area contributed by atoms with E-state index in [9.17, 15) is 4.79 Å². The van der Waals surface area contributed by atoms with Gasteiger partial charge < -0.3 is 5.32 Å². The lowest BCUT2D eigenvalue weighted by atomic mass is 10.1. The van der Waals surface area contributed by atoms with Crippen molar-refractivity contribution in [3.63, 3.8) is 0 Å². The van der Waals surface area contributed by atoms with Gasteiger partial charge in [-0.25, -0.2) is 0 Å². The number of Topliss-reactive ketones (excluding diaryl/α,β-unsaturated/α-hetero) is 1. The van der Waals surface area contributed by atoms with Gasteiger partial charge in [-0.3, -0.25) is 9.78 Å². The molecule has 0 saturated carbocycles. The topological polar surface area (TPSA) is 42.0 Å². The van der Waals surface area contributed by atoms with Crippen molar-refractivity contribution in [3.05, 3.63) is 64.9 Å². The van der Waals surface area contributed by atoms with Gasteiger partial charge in [-0.1, -0.05) is 11.6 Å². The van der Waals surface area contributed by atoms with Crippen molar-refractivity contribution < 1.29 is 4.79 Å². The molecule has 1 atom stereocenters. The number of aromatic nitrogens is 1. The highest BCUT2D eigenvalue weighted by molar-refractivity contribution is 6.30. The van der Waals surface area contributed by atoms with E-state index < -0.39 is 0 Å². The molecule has 98 valence electrons. The van der Waals surface area contributed by atoms with Crippen LogP contribution in [-0.4, -0.2) is 16.8 Å². The summed E-state index contributed by atoms with van der Waals surface area (Å²) in [7, 11) is 0. The number of carbonyl (C=O) groups is 1. The third kappa shape index (κ3) is 3.88. The molecule has 1 aromatic heterocycles. The Morgan fingerprint density at radius 2 is 1.84 bits per heavy atom. The number of carbonyl (C=O) groups excluding carboxylic acids is 1. The SMILES string of the molecule is CC(NCc1ccncc1)C(=O)c1ccc(Cl)cc1. The van der Waals surface area contributed by atoms with Gasteiger partial charge in [0.05, 0.1) is 6.04 Å². The summed E-state index contributed by atoms with van der Waals surface area (Å²) in [6.45, 7) is 2.50. The lowest BCUT2D eigenvalue weighted by molar-refractivity contribution is 0.0950. The molecule has 0 radical (unpaired) electrons. The van der Waals surface area contributed by atoms with E-state index in [0.717, 1.165) is 5.56 Å². The molecular formula is C15H15ClN2O. The molecule has 19 heavy (non-hydrogen) atoms. The second kappa shape index (κ2) is 6.45. The fraction of sp³-hybridized carbons (Fsp3) is 0.200. The summed E-state index contributed by atoms with van der Waals surface area (Å²) in [6, 6.07) is 10.5. The van der Waals surface area contributed by atoms with Gasteiger partial charge in [0.2, 0.25) is 0 Å². The molecule has 0 spiro atoms. The average Bonchev–Trinajstić information content (AvgIpc) is 2.46. The van der Waals surface area contributed by atoms with Crippen LogP contribution >= 0.6 is 11.6 Å². The quantitative estimate of drug-likeness (QED) is 0.852. The van der Waals surface area contributed by atoms with Crippen LogP contribution in [0.5, 0.6) is 0 Å². The summed E-state index contributed by atoms with van der Waals surface area (Å²) < 4.78 is 0. The van der Waals surface area contributed by atoms with Crippen molar-refractivity contribution >= 4 is 17.4 Å². The summed E-state index contributed by atoms with van der Waals surface area (Å²) in [4.78, 5) is 16.1. The smallest absolute Gasteiger partial charge is 0.179 e. The van der Waals surface area contributed by atoms with Gasteiger partial charge >= 0.3 is 0 Å². The molecule has 0 bridgehead atoms. The number of rotatable bonds is 5. The second-order valence-corrected chi connectivity index (χ2v) is 4.77. The van der Waals surface area contributed by atoms with Gasteiger partial charge in [0, 0.05) is 29.5 Å². The third-order valence-corrected chi connectivity index (χ3v) is 3.14.